The second-order valence-electron chi connectivity index (χ2n) is 7.96. The summed E-state index contributed by atoms with van der Waals surface area (Å²) in [7, 11) is 0. The van der Waals surface area contributed by atoms with E-state index in [0.717, 1.165) is 30.4 Å². The molecule has 1 spiro atoms. The molecule has 4 aliphatic rings. The summed E-state index contributed by atoms with van der Waals surface area (Å²) in [5, 5.41) is 0. The molecule has 3 heterocycles. The average molecular weight is 340 g/mol. The van der Waals surface area contributed by atoms with Crippen LogP contribution in [0.25, 0.3) is 0 Å². The van der Waals surface area contributed by atoms with Crippen molar-refractivity contribution in [1.29, 1.82) is 0 Å². The van der Waals surface area contributed by atoms with Crippen LogP contribution in [0.5, 0.6) is 0 Å². The van der Waals surface area contributed by atoms with Crippen LogP contribution in [0.15, 0.2) is 46.8 Å². The number of hydrogen-bond acceptors (Lipinski definition) is 5. The number of carbonyl (C=O) groups is 2. The molecule has 0 amide bonds. The van der Waals surface area contributed by atoms with Gasteiger partial charge in [-0.25, -0.2) is 4.79 Å². The Morgan fingerprint density at radius 3 is 2.96 bits per heavy atom. The third kappa shape index (κ3) is 1.84. The lowest BCUT2D eigenvalue weighted by Gasteiger charge is -2.57. The maximum Gasteiger partial charge on any atom is 0.334 e. The number of esters is 2. The minimum absolute atomic E-state index is 0.0902. The highest BCUT2D eigenvalue weighted by Crippen LogP contribution is 2.65. The second kappa shape index (κ2) is 4.87. The standard InChI is InChI=1S/C20H20O5/c1-19-9-15(12-6-8-23-10-12)25-18(22)13(19)5-7-20-11-24-17(21)14(20)3-2-4-16(19)20/h2-4,6,8,10,13,15-16H,5,7,9,11H2,1H3. The molecular weight excluding hydrogens is 320 g/mol. The van der Waals surface area contributed by atoms with Gasteiger partial charge in [0.1, 0.15) is 12.7 Å². The molecule has 1 saturated carbocycles. The SMILES string of the molecule is CC12CC(c3ccoc3)OC(=O)C1CCC13COC(=O)C1=CC=CC32. The maximum absolute atomic E-state index is 12.8. The van der Waals surface area contributed by atoms with Gasteiger partial charge in [-0.3, -0.25) is 4.79 Å². The average Bonchev–Trinajstić information content (AvgIpc) is 3.23. The zero-order chi connectivity index (χ0) is 17.2. The van der Waals surface area contributed by atoms with Crippen LogP contribution < -0.4 is 0 Å². The Morgan fingerprint density at radius 2 is 2.16 bits per heavy atom. The first-order valence-corrected chi connectivity index (χ1v) is 8.83. The van der Waals surface area contributed by atoms with Crippen LogP contribution in [0.1, 0.15) is 37.9 Å². The second-order valence-corrected chi connectivity index (χ2v) is 7.96. The lowest BCUT2D eigenvalue weighted by atomic mass is 9.47. The molecule has 3 fully saturated rings. The van der Waals surface area contributed by atoms with Crippen LogP contribution in [-0.4, -0.2) is 18.5 Å². The van der Waals surface area contributed by atoms with Crippen LogP contribution in [0, 0.1) is 22.7 Å². The molecule has 0 bridgehead atoms. The van der Waals surface area contributed by atoms with Crippen molar-refractivity contribution >= 4 is 11.9 Å². The first-order valence-electron chi connectivity index (χ1n) is 8.83. The van der Waals surface area contributed by atoms with E-state index in [1.165, 1.54) is 0 Å². The minimum atomic E-state index is -0.302. The Hall–Kier alpha value is -2.30. The molecule has 25 heavy (non-hydrogen) atoms. The summed E-state index contributed by atoms with van der Waals surface area (Å²) in [6.45, 7) is 2.59. The summed E-state index contributed by atoms with van der Waals surface area (Å²) >= 11 is 0. The smallest absolute Gasteiger partial charge is 0.334 e. The Labute approximate surface area is 145 Å². The predicted octanol–water partition coefficient (Wildman–Crippen LogP) is 3.34. The fourth-order valence-electron chi connectivity index (χ4n) is 5.62. The largest absolute Gasteiger partial charge is 0.472 e. The maximum atomic E-state index is 12.8. The Morgan fingerprint density at radius 1 is 1.28 bits per heavy atom. The Bertz CT molecular complexity index is 804. The highest BCUT2D eigenvalue weighted by atomic mass is 16.5. The van der Waals surface area contributed by atoms with Crippen molar-refractivity contribution in [1.82, 2.24) is 0 Å². The van der Waals surface area contributed by atoms with E-state index in [-0.39, 0.29) is 40.7 Å². The highest BCUT2D eigenvalue weighted by molar-refractivity contribution is 5.93. The number of allylic oxidation sites excluding steroid dienone is 3. The molecule has 0 aromatic carbocycles. The predicted molar refractivity (Wildman–Crippen MR) is 87.1 cm³/mol. The Balaban J connectivity index is 1.58. The van der Waals surface area contributed by atoms with E-state index in [4.69, 9.17) is 13.9 Å². The summed E-state index contributed by atoms with van der Waals surface area (Å²) < 4.78 is 16.4. The van der Waals surface area contributed by atoms with Crippen molar-refractivity contribution in [3.05, 3.63) is 48.0 Å². The molecular formula is C20H20O5. The molecule has 2 aliphatic carbocycles. The van der Waals surface area contributed by atoms with Gasteiger partial charge in [-0.15, -0.1) is 0 Å². The number of cyclic esters (lactones) is 2. The summed E-state index contributed by atoms with van der Waals surface area (Å²) in [6, 6.07) is 1.85. The highest BCUT2D eigenvalue weighted by Gasteiger charge is 2.64. The van der Waals surface area contributed by atoms with Gasteiger partial charge in [0.05, 0.1) is 18.4 Å². The monoisotopic (exact) mass is 340 g/mol. The number of ether oxygens (including phenoxy) is 2. The van der Waals surface area contributed by atoms with E-state index in [2.05, 4.69) is 13.0 Å². The van der Waals surface area contributed by atoms with Crippen LogP contribution in [0.2, 0.25) is 0 Å². The molecule has 5 heteroatoms. The molecule has 0 N–H and O–H groups in total. The van der Waals surface area contributed by atoms with Crippen molar-refractivity contribution < 1.29 is 23.5 Å². The van der Waals surface area contributed by atoms with Crippen molar-refractivity contribution in [3.8, 4) is 0 Å². The normalized spacial score (nSPS) is 42.0. The van der Waals surface area contributed by atoms with Gasteiger partial charge in [0.25, 0.3) is 0 Å². The van der Waals surface area contributed by atoms with E-state index in [0.29, 0.717) is 6.61 Å². The molecule has 1 aromatic heterocycles. The van der Waals surface area contributed by atoms with Gasteiger partial charge >= 0.3 is 11.9 Å². The topological polar surface area (TPSA) is 65.7 Å². The lowest BCUT2D eigenvalue weighted by molar-refractivity contribution is -0.187. The zero-order valence-corrected chi connectivity index (χ0v) is 14.1. The van der Waals surface area contributed by atoms with Crippen molar-refractivity contribution in [2.75, 3.05) is 6.61 Å². The summed E-state index contributed by atoms with van der Waals surface area (Å²) in [5.41, 5.74) is 1.09. The summed E-state index contributed by atoms with van der Waals surface area (Å²) in [6.07, 6.45) is 11.2. The van der Waals surface area contributed by atoms with Gasteiger partial charge in [0, 0.05) is 16.6 Å². The molecule has 5 unspecified atom stereocenters. The molecule has 2 aliphatic heterocycles. The zero-order valence-electron chi connectivity index (χ0n) is 14.1. The minimum Gasteiger partial charge on any atom is -0.472 e. The van der Waals surface area contributed by atoms with Crippen LogP contribution >= 0.6 is 0 Å². The molecule has 5 nitrogen and oxygen atoms in total. The summed E-state index contributed by atoms with van der Waals surface area (Å²) in [5.74, 6) is -0.399. The third-order valence-corrected chi connectivity index (χ3v) is 6.85. The Kier molecular flexibility index (Phi) is 2.92. The first kappa shape index (κ1) is 15.0. The quantitative estimate of drug-likeness (QED) is 0.734. The van der Waals surface area contributed by atoms with Gasteiger partial charge in [0.2, 0.25) is 0 Å². The van der Waals surface area contributed by atoms with Crippen molar-refractivity contribution in [2.24, 2.45) is 22.7 Å². The lowest BCUT2D eigenvalue weighted by Crippen LogP contribution is -2.56. The number of furan rings is 1. The van der Waals surface area contributed by atoms with Crippen molar-refractivity contribution in [2.45, 2.75) is 32.3 Å². The number of fused-ring (bicyclic) bond motifs is 2. The fraction of sp³-hybridized carbons (Fsp3) is 0.500. The van der Waals surface area contributed by atoms with E-state index < -0.39 is 0 Å². The first-order chi connectivity index (χ1) is 12.0. The van der Waals surface area contributed by atoms with E-state index in [1.54, 1.807) is 12.5 Å². The van der Waals surface area contributed by atoms with E-state index >= 15 is 0 Å². The van der Waals surface area contributed by atoms with Crippen molar-refractivity contribution in [3.63, 3.8) is 0 Å². The molecule has 2 saturated heterocycles. The molecule has 1 aromatic rings. The molecule has 5 atom stereocenters. The molecule has 5 rings (SSSR count). The third-order valence-electron chi connectivity index (χ3n) is 6.85. The van der Waals surface area contributed by atoms with E-state index in [9.17, 15) is 9.59 Å². The molecule has 130 valence electrons. The van der Waals surface area contributed by atoms with Gasteiger partial charge in [-0.2, -0.15) is 0 Å². The molecule has 0 radical (unpaired) electrons. The number of carbonyl (C=O) groups excluding carboxylic acids is 2. The van der Waals surface area contributed by atoms with Gasteiger partial charge < -0.3 is 13.9 Å². The van der Waals surface area contributed by atoms with Crippen LogP contribution in [0.3, 0.4) is 0 Å². The summed E-state index contributed by atoms with van der Waals surface area (Å²) in [4.78, 5) is 25.0. The van der Waals surface area contributed by atoms with Crippen LogP contribution in [-0.2, 0) is 19.1 Å². The fourth-order valence-corrected chi connectivity index (χ4v) is 5.62. The number of rotatable bonds is 1. The number of hydrogen-bond donors (Lipinski definition) is 0. The van der Waals surface area contributed by atoms with E-state index in [1.807, 2.05) is 18.2 Å². The van der Waals surface area contributed by atoms with Gasteiger partial charge in [0.15, 0.2) is 0 Å². The van der Waals surface area contributed by atoms with Gasteiger partial charge in [-0.1, -0.05) is 25.2 Å². The van der Waals surface area contributed by atoms with Crippen LogP contribution in [0.4, 0.5) is 0 Å². The van der Waals surface area contributed by atoms with Gasteiger partial charge in [-0.05, 0) is 36.7 Å².